The SMILES string of the molecule is O=C(CN1CCN(c2cccc(Cl)c2)C1=O)N(Cc1ccccc1)Cc1ccccc1. The molecule has 3 aromatic rings. The third-order valence-electron chi connectivity index (χ3n) is 5.33. The minimum absolute atomic E-state index is 0.0512. The van der Waals surface area contributed by atoms with E-state index in [4.69, 9.17) is 11.6 Å². The normalized spacial score (nSPS) is 13.5. The Morgan fingerprint density at radius 1 is 0.839 bits per heavy atom. The number of rotatable bonds is 7. The lowest BCUT2D eigenvalue weighted by Gasteiger charge is -2.26. The summed E-state index contributed by atoms with van der Waals surface area (Å²) >= 11 is 6.07. The van der Waals surface area contributed by atoms with E-state index in [2.05, 4.69) is 0 Å². The molecule has 1 aliphatic rings. The van der Waals surface area contributed by atoms with Gasteiger partial charge in [-0.3, -0.25) is 9.69 Å². The molecule has 1 aliphatic heterocycles. The Balaban J connectivity index is 1.47. The van der Waals surface area contributed by atoms with Crippen molar-refractivity contribution in [2.24, 2.45) is 0 Å². The van der Waals surface area contributed by atoms with Crippen molar-refractivity contribution >= 4 is 29.2 Å². The minimum atomic E-state index is -0.171. The van der Waals surface area contributed by atoms with Gasteiger partial charge in [-0.2, -0.15) is 0 Å². The molecule has 0 atom stereocenters. The Hall–Kier alpha value is -3.31. The van der Waals surface area contributed by atoms with Gasteiger partial charge in [0, 0.05) is 36.9 Å². The number of nitrogens with zero attached hydrogens (tertiary/aromatic N) is 3. The van der Waals surface area contributed by atoms with E-state index in [9.17, 15) is 9.59 Å². The topological polar surface area (TPSA) is 43.9 Å². The Kier molecular flexibility index (Phi) is 6.53. The average molecular weight is 434 g/mol. The number of urea groups is 1. The van der Waals surface area contributed by atoms with Crippen molar-refractivity contribution in [1.29, 1.82) is 0 Å². The molecule has 6 heteroatoms. The monoisotopic (exact) mass is 433 g/mol. The molecule has 0 aromatic heterocycles. The zero-order chi connectivity index (χ0) is 21.6. The Bertz CT molecular complexity index is 1000. The van der Waals surface area contributed by atoms with E-state index in [1.54, 1.807) is 26.8 Å². The van der Waals surface area contributed by atoms with Crippen molar-refractivity contribution in [2.45, 2.75) is 13.1 Å². The maximum Gasteiger partial charge on any atom is 0.325 e. The molecule has 158 valence electrons. The number of carbonyl (C=O) groups is 2. The van der Waals surface area contributed by atoms with Gasteiger partial charge in [-0.05, 0) is 29.3 Å². The lowest BCUT2D eigenvalue weighted by atomic mass is 10.1. The van der Waals surface area contributed by atoms with Crippen LogP contribution >= 0.6 is 11.6 Å². The molecule has 0 unspecified atom stereocenters. The third-order valence-corrected chi connectivity index (χ3v) is 5.56. The van der Waals surface area contributed by atoms with Crippen LogP contribution in [-0.2, 0) is 17.9 Å². The molecule has 0 saturated carbocycles. The minimum Gasteiger partial charge on any atom is -0.333 e. The van der Waals surface area contributed by atoms with Crippen LogP contribution < -0.4 is 4.90 Å². The molecular formula is C25H24ClN3O2. The lowest BCUT2D eigenvalue weighted by molar-refractivity contribution is -0.132. The van der Waals surface area contributed by atoms with Gasteiger partial charge in [0.05, 0.1) is 0 Å². The highest BCUT2D eigenvalue weighted by Gasteiger charge is 2.32. The van der Waals surface area contributed by atoms with E-state index >= 15 is 0 Å². The van der Waals surface area contributed by atoms with Gasteiger partial charge in [-0.15, -0.1) is 0 Å². The first-order valence-electron chi connectivity index (χ1n) is 10.3. The van der Waals surface area contributed by atoms with Crippen LogP contribution in [0, 0.1) is 0 Å². The highest BCUT2D eigenvalue weighted by atomic mass is 35.5. The van der Waals surface area contributed by atoms with E-state index in [1.165, 1.54) is 0 Å². The summed E-state index contributed by atoms with van der Waals surface area (Å²) in [6, 6.07) is 26.9. The van der Waals surface area contributed by atoms with E-state index in [0.717, 1.165) is 16.8 Å². The second kappa shape index (κ2) is 9.67. The fourth-order valence-electron chi connectivity index (χ4n) is 3.72. The second-order valence-electron chi connectivity index (χ2n) is 7.56. The number of amides is 3. The predicted molar refractivity (Wildman–Crippen MR) is 123 cm³/mol. The molecule has 0 spiro atoms. The zero-order valence-electron chi connectivity index (χ0n) is 17.2. The van der Waals surface area contributed by atoms with Gasteiger partial charge >= 0.3 is 6.03 Å². The summed E-state index contributed by atoms with van der Waals surface area (Å²) in [5.41, 5.74) is 2.86. The highest BCUT2D eigenvalue weighted by Crippen LogP contribution is 2.23. The summed E-state index contributed by atoms with van der Waals surface area (Å²) in [5, 5.41) is 0.580. The van der Waals surface area contributed by atoms with Crippen LogP contribution in [0.4, 0.5) is 10.5 Å². The van der Waals surface area contributed by atoms with Gasteiger partial charge in [0.2, 0.25) is 5.91 Å². The summed E-state index contributed by atoms with van der Waals surface area (Å²) in [6.45, 7) is 2.07. The number of benzene rings is 3. The quantitative estimate of drug-likeness (QED) is 0.536. The van der Waals surface area contributed by atoms with Crippen molar-refractivity contribution in [1.82, 2.24) is 9.80 Å². The number of hydrogen-bond donors (Lipinski definition) is 0. The van der Waals surface area contributed by atoms with E-state index in [-0.39, 0.29) is 18.5 Å². The fourth-order valence-corrected chi connectivity index (χ4v) is 3.90. The molecule has 1 heterocycles. The highest BCUT2D eigenvalue weighted by molar-refractivity contribution is 6.30. The lowest BCUT2D eigenvalue weighted by Crippen LogP contribution is -2.41. The maximum atomic E-state index is 13.2. The van der Waals surface area contributed by atoms with E-state index < -0.39 is 0 Å². The van der Waals surface area contributed by atoms with Crippen LogP contribution in [0.5, 0.6) is 0 Å². The summed E-state index contributed by atoms with van der Waals surface area (Å²) in [4.78, 5) is 31.2. The van der Waals surface area contributed by atoms with Gasteiger partial charge < -0.3 is 9.80 Å². The van der Waals surface area contributed by atoms with Gasteiger partial charge in [0.25, 0.3) is 0 Å². The van der Waals surface area contributed by atoms with Crippen LogP contribution in [0.3, 0.4) is 0 Å². The van der Waals surface area contributed by atoms with Crippen LogP contribution in [0.2, 0.25) is 5.02 Å². The fraction of sp³-hybridized carbons (Fsp3) is 0.200. The smallest absolute Gasteiger partial charge is 0.325 e. The van der Waals surface area contributed by atoms with E-state index in [0.29, 0.717) is 31.2 Å². The average Bonchev–Trinajstić information content (AvgIpc) is 3.15. The van der Waals surface area contributed by atoms with Crippen molar-refractivity contribution in [3.63, 3.8) is 0 Å². The Labute approximate surface area is 187 Å². The second-order valence-corrected chi connectivity index (χ2v) is 7.99. The van der Waals surface area contributed by atoms with Crippen LogP contribution in [0.1, 0.15) is 11.1 Å². The molecule has 31 heavy (non-hydrogen) atoms. The number of hydrogen-bond acceptors (Lipinski definition) is 2. The van der Waals surface area contributed by atoms with Crippen molar-refractivity contribution in [2.75, 3.05) is 24.5 Å². The molecule has 0 N–H and O–H groups in total. The van der Waals surface area contributed by atoms with Crippen molar-refractivity contribution < 1.29 is 9.59 Å². The first-order chi connectivity index (χ1) is 15.1. The number of halogens is 1. The molecule has 5 nitrogen and oxygen atoms in total. The molecule has 0 bridgehead atoms. The Morgan fingerprint density at radius 2 is 1.45 bits per heavy atom. The first kappa shape index (κ1) is 20.9. The summed E-state index contributed by atoms with van der Waals surface area (Å²) in [7, 11) is 0. The standard InChI is InChI=1S/C25H24ClN3O2/c26-22-12-7-13-23(16-22)29-15-14-27(25(29)31)19-24(30)28(17-20-8-3-1-4-9-20)18-21-10-5-2-6-11-21/h1-13,16H,14-15,17-19H2. The van der Waals surface area contributed by atoms with Crippen LogP contribution in [0.15, 0.2) is 84.9 Å². The molecule has 1 fully saturated rings. The Morgan fingerprint density at radius 3 is 2.03 bits per heavy atom. The molecular weight excluding hydrogens is 410 g/mol. The summed E-state index contributed by atoms with van der Waals surface area (Å²) in [5.74, 6) is -0.0750. The molecule has 1 saturated heterocycles. The predicted octanol–water partition coefficient (Wildman–Crippen LogP) is 4.81. The van der Waals surface area contributed by atoms with E-state index in [1.807, 2.05) is 72.8 Å². The number of anilines is 1. The molecule has 3 aromatic carbocycles. The molecule has 3 amide bonds. The summed E-state index contributed by atoms with van der Waals surface area (Å²) in [6.07, 6.45) is 0. The molecule has 0 radical (unpaired) electrons. The number of carbonyl (C=O) groups excluding carboxylic acids is 2. The third kappa shape index (κ3) is 5.25. The van der Waals surface area contributed by atoms with Gasteiger partial charge in [-0.1, -0.05) is 78.3 Å². The first-order valence-corrected chi connectivity index (χ1v) is 10.7. The maximum absolute atomic E-state index is 13.2. The molecule has 4 rings (SSSR count). The van der Waals surface area contributed by atoms with Gasteiger partial charge in [-0.25, -0.2) is 4.79 Å². The van der Waals surface area contributed by atoms with Crippen molar-refractivity contribution in [3.8, 4) is 0 Å². The molecule has 0 aliphatic carbocycles. The largest absolute Gasteiger partial charge is 0.333 e. The summed E-state index contributed by atoms with van der Waals surface area (Å²) < 4.78 is 0. The van der Waals surface area contributed by atoms with Gasteiger partial charge in [0.1, 0.15) is 6.54 Å². The van der Waals surface area contributed by atoms with Crippen molar-refractivity contribution in [3.05, 3.63) is 101 Å². The zero-order valence-corrected chi connectivity index (χ0v) is 17.9. The van der Waals surface area contributed by atoms with Crippen LogP contribution in [-0.4, -0.2) is 41.4 Å². The van der Waals surface area contributed by atoms with Crippen LogP contribution in [0.25, 0.3) is 0 Å². The van der Waals surface area contributed by atoms with Gasteiger partial charge in [0.15, 0.2) is 0 Å².